The van der Waals surface area contributed by atoms with Crippen molar-refractivity contribution < 1.29 is 4.79 Å². The van der Waals surface area contributed by atoms with Crippen LogP contribution in [0.4, 0.5) is 0 Å². The summed E-state index contributed by atoms with van der Waals surface area (Å²) in [6.45, 7) is 5.47. The third-order valence-corrected chi connectivity index (χ3v) is 3.51. The Bertz CT molecular complexity index is 368. The van der Waals surface area contributed by atoms with Crippen LogP contribution in [0.15, 0.2) is 6.07 Å². The maximum Gasteiger partial charge on any atom is 0.253 e. The van der Waals surface area contributed by atoms with Gasteiger partial charge >= 0.3 is 0 Å². The van der Waals surface area contributed by atoms with Gasteiger partial charge in [-0.1, -0.05) is 30.1 Å². The van der Waals surface area contributed by atoms with Gasteiger partial charge < -0.3 is 10.6 Å². The number of rotatable bonds is 5. The van der Waals surface area contributed by atoms with Gasteiger partial charge in [0.05, 0.1) is 9.90 Å². The third kappa shape index (κ3) is 3.94. The Morgan fingerprint density at radius 3 is 2.75 bits per heavy atom. The molecule has 1 aromatic rings. The molecular weight excluding hydrogens is 267 g/mol. The van der Waals surface area contributed by atoms with Crippen molar-refractivity contribution in [1.29, 1.82) is 0 Å². The molecule has 1 amide bonds. The average molecular weight is 281 g/mol. The van der Waals surface area contributed by atoms with Crippen LogP contribution in [0, 0.1) is 0 Å². The van der Waals surface area contributed by atoms with Crippen molar-refractivity contribution in [3.05, 3.63) is 20.3 Å². The Labute approximate surface area is 109 Å². The van der Waals surface area contributed by atoms with Crippen molar-refractivity contribution in [2.75, 3.05) is 13.1 Å². The van der Waals surface area contributed by atoms with Gasteiger partial charge in [0.15, 0.2) is 0 Å². The van der Waals surface area contributed by atoms with Gasteiger partial charge in [0.1, 0.15) is 4.34 Å². The second-order valence-electron chi connectivity index (χ2n) is 3.41. The maximum atomic E-state index is 11.7. The number of likely N-dealkylation sites (N-methyl/N-ethyl adjacent to an activating group) is 1. The first-order valence-corrected chi connectivity index (χ1v) is 6.58. The first kappa shape index (κ1) is 13.8. The minimum absolute atomic E-state index is 0.182. The number of hydrogen-bond donors (Lipinski definition) is 2. The van der Waals surface area contributed by atoms with Gasteiger partial charge in [-0.05, 0) is 19.5 Å². The molecule has 0 aliphatic rings. The Morgan fingerprint density at radius 1 is 1.56 bits per heavy atom. The summed E-state index contributed by atoms with van der Waals surface area (Å²) in [4.78, 5) is 11.7. The number of halogens is 2. The van der Waals surface area contributed by atoms with Crippen LogP contribution in [0.1, 0.15) is 24.2 Å². The van der Waals surface area contributed by atoms with Crippen LogP contribution in [0.5, 0.6) is 0 Å². The molecule has 3 nitrogen and oxygen atoms in total. The predicted octanol–water partition coefficient (Wildman–Crippen LogP) is 2.78. The van der Waals surface area contributed by atoms with Gasteiger partial charge in [-0.15, -0.1) is 11.3 Å². The molecule has 0 unspecified atom stereocenters. The number of hydrogen-bond acceptors (Lipinski definition) is 3. The van der Waals surface area contributed by atoms with Crippen molar-refractivity contribution in [2.24, 2.45) is 0 Å². The lowest BCUT2D eigenvalue weighted by Crippen LogP contribution is -2.38. The molecule has 90 valence electrons. The highest BCUT2D eigenvalue weighted by atomic mass is 35.5. The zero-order valence-corrected chi connectivity index (χ0v) is 11.5. The molecular formula is C10H14Cl2N2OS. The molecule has 0 aliphatic carbocycles. The van der Waals surface area contributed by atoms with E-state index in [1.54, 1.807) is 6.07 Å². The quantitative estimate of drug-likeness (QED) is 0.871. The van der Waals surface area contributed by atoms with E-state index in [1.807, 2.05) is 13.8 Å². The van der Waals surface area contributed by atoms with Gasteiger partial charge in [-0.3, -0.25) is 4.79 Å². The highest BCUT2D eigenvalue weighted by Gasteiger charge is 2.14. The van der Waals surface area contributed by atoms with Gasteiger partial charge in [-0.2, -0.15) is 0 Å². The Kier molecular flexibility index (Phi) is 5.55. The van der Waals surface area contributed by atoms with E-state index in [0.29, 0.717) is 20.8 Å². The summed E-state index contributed by atoms with van der Waals surface area (Å²) in [5, 5.41) is 6.00. The fourth-order valence-corrected chi connectivity index (χ4v) is 2.72. The fourth-order valence-electron chi connectivity index (χ4n) is 1.26. The monoisotopic (exact) mass is 280 g/mol. The lowest BCUT2D eigenvalue weighted by atomic mass is 10.3. The summed E-state index contributed by atoms with van der Waals surface area (Å²) >= 11 is 12.8. The minimum Gasteiger partial charge on any atom is -0.350 e. The first-order chi connectivity index (χ1) is 7.54. The number of amides is 1. The molecule has 0 aliphatic heterocycles. The number of carbonyl (C=O) groups excluding carboxylic acids is 1. The van der Waals surface area contributed by atoms with Crippen LogP contribution in [-0.4, -0.2) is 25.0 Å². The largest absolute Gasteiger partial charge is 0.350 e. The summed E-state index contributed by atoms with van der Waals surface area (Å²) in [5.74, 6) is -0.182. The van der Waals surface area contributed by atoms with Crippen molar-refractivity contribution in [3.8, 4) is 0 Å². The molecule has 1 heterocycles. The summed E-state index contributed by atoms with van der Waals surface area (Å²) < 4.78 is 0.952. The molecule has 0 aromatic carbocycles. The fraction of sp³-hybridized carbons (Fsp3) is 0.500. The third-order valence-electron chi connectivity index (χ3n) is 2.02. The van der Waals surface area contributed by atoms with Crippen LogP contribution in [0.3, 0.4) is 0 Å². The Morgan fingerprint density at radius 2 is 2.25 bits per heavy atom. The molecule has 0 bridgehead atoms. The molecule has 0 saturated heterocycles. The van der Waals surface area contributed by atoms with Crippen LogP contribution in [0.25, 0.3) is 0 Å². The van der Waals surface area contributed by atoms with Gasteiger partial charge in [0, 0.05) is 12.6 Å². The molecule has 1 aromatic heterocycles. The van der Waals surface area contributed by atoms with E-state index in [4.69, 9.17) is 23.2 Å². The number of carbonyl (C=O) groups is 1. The standard InChI is InChI=1S/C10H14Cl2N2OS/c1-3-13-6(2)5-14-10(15)7-4-8(11)16-9(7)12/h4,6,13H,3,5H2,1-2H3,(H,14,15)/t6-/m1/s1. The van der Waals surface area contributed by atoms with Crippen molar-refractivity contribution in [3.63, 3.8) is 0 Å². The summed E-state index contributed by atoms with van der Waals surface area (Å²) in [5.41, 5.74) is 0.445. The second kappa shape index (κ2) is 6.45. The van der Waals surface area contributed by atoms with Gasteiger partial charge in [0.2, 0.25) is 0 Å². The Balaban J connectivity index is 2.50. The van der Waals surface area contributed by atoms with Crippen molar-refractivity contribution >= 4 is 40.4 Å². The zero-order chi connectivity index (χ0) is 12.1. The number of nitrogens with one attached hydrogen (secondary N) is 2. The SMILES string of the molecule is CCN[C@H](C)CNC(=O)c1cc(Cl)sc1Cl. The van der Waals surface area contributed by atoms with E-state index in [2.05, 4.69) is 10.6 Å². The normalized spacial score (nSPS) is 12.5. The first-order valence-electron chi connectivity index (χ1n) is 5.01. The van der Waals surface area contributed by atoms with Crippen LogP contribution < -0.4 is 10.6 Å². The van der Waals surface area contributed by atoms with Gasteiger partial charge in [0.25, 0.3) is 5.91 Å². The lowest BCUT2D eigenvalue weighted by Gasteiger charge is -2.12. The number of thiophene rings is 1. The van der Waals surface area contributed by atoms with E-state index < -0.39 is 0 Å². The van der Waals surface area contributed by atoms with Crippen molar-refractivity contribution in [1.82, 2.24) is 10.6 Å². The molecule has 1 rings (SSSR count). The van der Waals surface area contributed by atoms with Crippen molar-refractivity contribution in [2.45, 2.75) is 19.9 Å². The highest BCUT2D eigenvalue weighted by molar-refractivity contribution is 7.20. The molecule has 2 N–H and O–H groups in total. The molecule has 0 fully saturated rings. The van der Waals surface area contributed by atoms with E-state index in [0.717, 1.165) is 6.54 Å². The van der Waals surface area contributed by atoms with Crippen LogP contribution >= 0.6 is 34.5 Å². The van der Waals surface area contributed by atoms with E-state index in [1.165, 1.54) is 11.3 Å². The highest BCUT2D eigenvalue weighted by Crippen LogP contribution is 2.30. The summed E-state index contributed by atoms with van der Waals surface area (Å²) in [6, 6.07) is 1.82. The van der Waals surface area contributed by atoms with E-state index >= 15 is 0 Å². The zero-order valence-electron chi connectivity index (χ0n) is 9.14. The lowest BCUT2D eigenvalue weighted by molar-refractivity contribution is 0.0951. The molecule has 1 atom stereocenters. The minimum atomic E-state index is -0.182. The predicted molar refractivity (Wildman–Crippen MR) is 69.8 cm³/mol. The average Bonchev–Trinajstić information content (AvgIpc) is 2.55. The smallest absolute Gasteiger partial charge is 0.253 e. The molecule has 16 heavy (non-hydrogen) atoms. The van der Waals surface area contributed by atoms with Crippen LogP contribution in [-0.2, 0) is 0 Å². The molecule has 0 spiro atoms. The molecule has 0 saturated carbocycles. The molecule has 0 radical (unpaired) electrons. The summed E-state index contributed by atoms with van der Waals surface area (Å²) in [7, 11) is 0. The van der Waals surface area contributed by atoms with Crippen LogP contribution in [0.2, 0.25) is 8.67 Å². The van der Waals surface area contributed by atoms with Gasteiger partial charge in [-0.25, -0.2) is 0 Å². The maximum absolute atomic E-state index is 11.7. The summed E-state index contributed by atoms with van der Waals surface area (Å²) in [6.07, 6.45) is 0. The second-order valence-corrected chi connectivity index (χ2v) is 5.69. The van der Waals surface area contributed by atoms with E-state index in [9.17, 15) is 4.79 Å². The Hall–Kier alpha value is -0.290. The molecule has 6 heteroatoms. The topological polar surface area (TPSA) is 41.1 Å². The van der Waals surface area contributed by atoms with E-state index in [-0.39, 0.29) is 11.9 Å².